The van der Waals surface area contributed by atoms with Crippen molar-refractivity contribution in [2.45, 2.75) is 61.3 Å². The third-order valence-corrected chi connectivity index (χ3v) is 3.99. The first-order chi connectivity index (χ1) is 6.14. The van der Waals surface area contributed by atoms with Crippen LogP contribution in [0.4, 0.5) is 0 Å². The topological polar surface area (TPSA) is 0 Å². The van der Waals surface area contributed by atoms with Gasteiger partial charge in [-0.25, -0.2) is 0 Å². The maximum Gasteiger partial charge on any atom is -0.00962 e. The Kier molecular flexibility index (Phi) is 4.42. The fourth-order valence-corrected chi connectivity index (χ4v) is 1.70. The van der Waals surface area contributed by atoms with E-state index < -0.39 is 0 Å². The third-order valence-electron chi connectivity index (χ3n) is 3.99. The van der Waals surface area contributed by atoms with Gasteiger partial charge in [-0.15, -0.1) is 0 Å². The van der Waals surface area contributed by atoms with Crippen LogP contribution in [0, 0.1) is 16.7 Å². The van der Waals surface area contributed by atoms with Gasteiger partial charge in [-0.05, 0) is 23.2 Å². The molecule has 1 atom stereocenters. The van der Waals surface area contributed by atoms with Crippen LogP contribution >= 0.6 is 0 Å². The molecule has 0 spiro atoms. The third kappa shape index (κ3) is 2.87. The molecule has 0 radical (unpaired) electrons. The number of hydrogen-bond donors (Lipinski definition) is 0. The van der Waals surface area contributed by atoms with Crippen molar-refractivity contribution in [1.29, 1.82) is 0 Å². The number of allylic oxidation sites excluding steroid dienone is 1. The van der Waals surface area contributed by atoms with Gasteiger partial charge in [0.05, 0.1) is 0 Å². The molecule has 0 aromatic carbocycles. The van der Waals surface area contributed by atoms with Crippen LogP contribution in [0.3, 0.4) is 0 Å². The minimum absolute atomic E-state index is 0.224. The van der Waals surface area contributed by atoms with Gasteiger partial charge >= 0.3 is 0 Å². The van der Waals surface area contributed by atoms with Gasteiger partial charge in [-0.1, -0.05) is 67.0 Å². The minimum Gasteiger partial charge on any atom is -0.0990 e. The zero-order valence-corrected chi connectivity index (χ0v) is 11.2. The van der Waals surface area contributed by atoms with Crippen molar-refractivity contribution in [3.8, 4) is 0 Å². The number of rotatable bonds is 4. The predicted octanol–water partition coefficient (Wildman–Crippen LogP) is 5.05. The second-order valence-corrected chi connectivity index (χ2v) is 6.09. The van der Waals surface area contributed by atoms with Gasteiger partial charge in [0, 0.05) is 0 Å². The highest BCUT2D eigenvalue weighted by Crippen LogP contribution is 2.46. The number of hydrogen-bond acceptors (Lipinski definition) is 0. The lowest BCUT2D eigenvalue weighted by atomic mass is 9.62. The molecule has 84 valence electrons. The quantitative estimate of drug-likeness (QED) is 0.552. The summed E-state index contributed by atoms with van der Waals surface area (Å²) in [4.78, 5) is 0. The van der Waals surface area contributed by atoms with Gasteiger partial charge in [0.15, 0.2) is 0 Å². The maximum atomic E-state index is 4.31. The molecule has 0 rings (SSSR count). The Labute approximate surface area is 90.8 Å². The first kappa shape index (κ1) is 13.7. The fraction of sp³-hybridized carbons (Fsp3) is 0.857. The van der Waals surface area contributed by atoms with E-state index in [9.17, 15) is 0 Å². The van der Waals surface area contributed by atoms with Crippen molar-refractivity contribution in [3.05, 3.63) is 12.2 Å². The monoisotopic (exact) mass is 196 g/mol. The Morgan fingerprint density at radius 2 is 1.57 bits per heavy atom. The Morgan fingerprint density at radius 1 is 1.14 bits per heavy atom. The van der Waals surface area contributed by atoms with Crippen LogP contribution in [0.15, 0.2) is 12.2 Å². The molecule has 0 saturated heterocycles. The molecular weight excluding hydrogens is 168 g/mol. The van der Waals surface area contributed by atoms with Crippen molar-refractivity contribution in [1.82, 2.24) is 0 Å². The van der Waals surface area contributed by atoms with Gasteiger partial charge in [0.1, 0.15) is 0 Å². The molecule has 0 N–H and O–H groups in total. The first-order valence-electron chi connectivity index (χ1n) is 5.83. The van der Waals surface area contributed by atoms with Crippen LogP contribution < -0.4 is 0 Å². The highest BCUT2D eigenvalue weighted by Gasteiger charge is 2.36. The van der Waals surface area contributed by atoms with Gasteiger partial charge in [0.2, 0.25) is 0 Å². The molecule has 0 heterocycles. The lowest BCUT2D eigenvalue weighted by Crippen LogP contribution is -2.33. The molecule has 0 aliphatic heterocycles. The van der Waals surface area contributed by atoms with Crippen molar-refractivity contribution < 1.29 is 0 Å². The molecule has 0 fully saturated rings. The molecule has 0 nitrogen and oxygen atoms in total. The van der Waals surface area contributed by atoms with Gasteiger partial charge in [0.25, 0.3) is 0 Å². The second-order valence-electron chi connectivity index (χ2n) is 6.09. The molecule has 0 aromatic heterocycles. The summed E-state index contributed by atoms with van der Waals surface area (Å²) in [5, 5.41) is 0. The van der Waals surface area contributed by atoms with Crippen LogP contribution in [0.2, 0.25) is 0 Å². The average Bonchev–Trinajstić information content (AvgIpc) is 2.01. The van der Waals surface area contributed by atoms with Crippen LogP contribution in [0.5, 0.6) is 0 Å². The largest absolute Gasteiger partial charge is 0.0990 e. The summed E-state index contributed by atoms with van der Waals surface area (Å²) in [5.41, 5.74) is 1.93. The summed E-state index contributed by atoms with van der Waals surface area (Å²) in [6.07, 6.45) is 2.51. The highest BCUT2D eigenvalue weighted by molar-refractivity contribution is 5.14. The molecule has 0 aromatic rings. The van der Waals surface area contributed by atoms with Crippen LogP contribution in [-0.2, 0) is 0 Å². The van der Waals surface area contributed by atoms with Crippen molar-refractivity contribution in [3.63, 3.8) is 0 Å². The van der Waals surface area contributed by atoms with E-state index in [0.29, 0.717) is 11.3 Å². The Hall–Kier alpha value is -0.260. The van der Waals surface area contributed by atoms with E-state index in [1.54, 1.807) is 0 Å². The molecule has 1 unspecified atom stereocenters. The predicted molar refractivity (Wildman–Crippen MR) is 66.4 cm³/mol. The maximum absolute atomic E-state index is 4.31. The molecule has 0 aliphatic carbocycles. The zero-order valence-electron chi connectivity index (χ0n) is 11.2. The van der Waals surface area contributed by atoms with E-state index >= 15 is 0 Å². The SMILES string of the molecule is C=C(C(C)CCC)C(C)(C)C(C)(C)C. The molecule has 0 saturated carbocycles. The first-order valence-corrected chi connectivity index (χ1v) is 5.83. The van der Waals surface area contributed by atoms with Gasteiger partial charge in [-0.2, -0.15) is 0 Å². The molecule has 0 heteroatoms. The smallest absolute Gasteiger partial charge is 0.00962 e. The van der Waals surface area contributed by atoms with E-state index in [2.05, 4.69) is 55.0 Å². The van der Waals surface area contributed by atoms with E-state index in [0.717, 1.165) is 0 Å². The van der Waals surface area contributed by atoms with E-state index in [-0.39, 0.29) is 5.41 Å². The van der Waals surface area contributed by atoms with Crippen molar-refractivity contribution >= 4 is 0 Å². The summed E-state index contributed by atoms with van der Waals surface area (Å²) >= 11 is 0. The Morgan fingerprint density at radius 3 is 1.86 bits per heavy atom. The van der Waals surface area contributed by atoms with Crippen LogP contribution in [0.1, 0.15) is 61.3 Å². The average molecular weight is 196 g/mol. The molecule has 0 amide bonds. The minimum atomic E-state index is 0.224. The summed E-state index contributed by atoms with van der Waals surface area (Å²) in [7, 11) is 0. The van der Waals surface area contributed by atoms with Crippen LogP contribution in [-0.4, -0.2) is 0 Å². The molecular formula is C14H28. The molecule has 14 heavy (non-hydrogen) atoms. The lowest BCUT2D eigenvalue weighted by Gasteiger charge is -2.43. The van der Waals surface area contributed by atoms with E-state index in [1.807, 2.05) is 0 Å². The molecule has 0 aliphatic rings. The lowest BCUT2D eigenvalue weighted by molar-refractivity contribution is 0.162. The standard InChI is InChI=1S/C14H28/c1-9-10-11(2)12(3)14(7,8)13(4,5)6/h11H,3,9-10H2,1-2,4-8H3. The van der Waals surface area contributed by atoms with Crippen molar-refractivity contribution in [2.75, 3.05) is 0 Å². The van der Waals surface area contributed by atoms with E-state index in [1.165, 1.54) is 18.4 Å². The Bertz CT molecular complexity index is 191. The second kappa shape index (κ2) is 4.51. The fourth-order valence-electron chi connectivity index (χ4n) is 1.70. The highest BCUT2D eigenvalue weighted by atomic mass is 14.4. The summed E-state index contributed by atoms with van der Waals surface area (Å²) in [5.74, 6) is 0.647. The normalized spacial score (nSPS) is 15.4. The van der Waals surface area contributed by atoms with Crippen LogP contribution in [0.25, 0.3) is 0 Å². The zero-order chi connectivity index (χ0) is 11.6. The van der Waals surface area contributed by atoms with Gasteiger partial charge < -0.3 is 0 Å². The Balaban J connectivity index is 4.67. The molecule has 0 bridgehead atoms. The summed E-state index contributed by atoms with van der Waals surface area (Å²) in [6.45, 7) is 20.4. The summed E-state index contributed by atoms with van der Waals surface area (Å²) < 4.78 is 0. The van der Waals surface area contributed by atoms with E-state index in [4.69, 9.17) is 0 Å². The summed E-state index contributed by atoms with van der Waals surface area (Å²) in [6, 6.07) is 0. The van der Waals surface area contributed by atoms with Gasteiger partial charge in [-0.3, -0.25) is 0 Å². The van der Waals surface area contributed by atoms with Crippen molar-refractivity contribution in [2.24, 2.45) is 16.7 Å².